The van der Waals surface area contributed by atoms with Crippen LogP contribution in [0.5, 0.6) is 0 Å². The number of carbonyl (C=O) groups is 2. The first-order chi connectivity index (χ1) is 8.60. The zero-order valence-electron chi connectivity index (χ0n) is 10.5. The predicted octanol–water partition coefficient (Wildman–Crippen LogP) is 2.59. The number of esters is 2. The fourth-order valence-electron chi connectivity index (χ4n) is 1.39. The minimum Gasteiger partial charge on any atom is -0.458 e. The van der Waals surface area contributed by atoms with E-state index in [-0.39, 0.29) is 17.7 Å². The Hall–Kier alpha value is -2.10. The second-order valence-corrected chi connectivity index (χ2v) is 3.77. The van der Waals surface area contributed by atoms with Crippen LogP contribution in [0, 0.1) is 0 Å². The van der Waals surface area contributed by atoms with E-state index < -0.39 is 18.0 Å². The van der Waals surface area contributed by atoms with Gasteiger partial charge < -0.3 is 9.47 Å². The van der Waals surface area contributed by atoms with Crippen LogP contribution in [0.1, 0.15) is 34.6 Å². The Morgan fingerprint density at radius 3 is 2.28 bits per heavy atom. The number of carbonyl (C=O) groups excluding carboxylic acids is 2. The van der Waals surface area contributed by atoms with Crippen LogP contribution in [0.25, 0.3) is 0 Å². The Bertz CT molecular complexity index is 451. The molecule has 1 atom stereocenters. The maximum absolute atomic E-state index is 11.6. The summed E-state index contributed by atoms with van der Waals surface area (Å²) in [5.41, 5.74) is 0.517. The van der Waals surface area contributed by atoms with Gasteiger partial charge in [-0.1, -0.05) is 18.2 Å². The SMILES string of the molecule is C=CC.CC1COC(=O)c2ccccc2C(=O)O1. The Balaban J connectivity index is 0.000000492. The Kier molecular flexibility index (Phi) is 5.11. The van der Waals surface area contributed by atoms with E-state index in [0.717, 1.165) is 0 Å². The van der Waals surface area contributed by atoms with Crippen molar-refractivity contribution in [2.45, 2.75) is 20.0 Å². The van der Waals surface area contributed by atoms with Crippen molar-refractivity contribution < 1.29 is 19.1 Å². The highest BCUT2D eigenvalue weighted by atomic mass is 16.6. The van der Waals surface area contributed by atoms with E-state index in [2.05, 4.69) is 6.58 Å². The summed E-state index contributed by atoms with van der Waals surface area (Å²) in [6.07, 6.45) is 1.34. The lowest BCUT2D eigenvalue weighted by molar-refractivity contribution is 0.000551. The average molecular weight is 248 g/mol. The smallest absolute Gasteiger partial charge is 0.339 e. The first-order valence-corrected chi connectivity index (χ1v) is 5.64. The van der Waals surface area contributed by atoms with Gasteiger partial charge in [-0.05, 0) is 26.0 Å². The first-order valence-electron chi connectivity index (χ1n) is 5.64. The molecule has 18 heavy (non-hydrogen) atoms. The number of ether oxygens (including phenoxy) is 2. The lowest BCUT2D eigenvalue weighted by Gasteiger charge is -2.18. The summed E-state index contributed by atoms with van der Waals surface area (Å²) >= 11 is 0. The highest BCUT2D eigenvalue weighted by Crippen LogP contribution is 2.15. The van der Waals surface area contributed by atoms with Crippen molar-refractivity contribution in [3.63, 3.8) is 0 Å². The Labute approximate surface area is 106 Å². The van der Waals surface area contributed by atoms with Gasteiger partial charge in [0.05, 0.1) is 11.1 Å². The van der Waals surface area contributed by atoms with E-state index in [1.54, 1.807) is 37.3 Å². The molecule has 0 radical (unpaired) electrons. The van der Waals surface area contributed by atoms with Crippen molar-refractivity contribution in [3.8, 4) is 0 Å². The number of cyclic esters (lactones) is 2. The van der Waals surface area contributed by atoms with Crippen LogP contribution in [0.4, 0.5) is 0 Å². The molecule has 1 heterocycles. The highest BCUT2D eigenvalue weighted by molar-refractivity contribution is 6.03. The van der Waals surface area contributed by atoms with E-state index in [9.17, 15) is 9.59 Å². The second-order valence-electron chi connectivity index (χ2n) is 3.77. The van der Waals surface area contributed by atoms with Crippen molar-refractivity contribution in [1.82, 2.24) is 0 Å². The molecule has 0 spiro atoms. The van der Waals surface area contributed by atoms with E-state index in [1.165, 1.54) is 0 Å². The summed E-state index contributed by atoms with van der Waals surface area (Å²) < 4.78 is 10.0. The van der Waals surface area contributed by atoms with Gasteiger partial charge in [0.2, 0.25) is 0 Å². The van der Waals surface area contributed by atoms with Crippen LogP contribution in [-0.2, 0) is 9.47 Å². The quantitative estimate of drug-likeness (QED) is 0.523. The molecule has 1 aromatic rings. The molecule has 0 saturated heterocycles. The van der Waals surface area contributed by atoms with Gasteiger partial charge in [-0.3, -0.25) is 0 Å². The van der Waals surface area contributed by atoms with Gasteiger partial charge >= 0.3 is 11.9 Å². The molecule has 1 aromatic carbocycles. The van der Waals surface area contributed by atoms with Crippen molar-refractivity contribution >= 4 is 11.9 Å². The first kappa shape index (κ1) is 14.0. The largest absolute Gasteiger partial charge is 0.458 e. The third-order valence-electron chi connectivity index (χ3n) is 2.12. The summed E-state index contributed by atoms with van der Waals surface area (Å²) in [4.78, 5) is 23.1. The molecule has 1 aliphatic heterocycles. The molecule has 0 aliphatic carbocycles. The van der Waals surface area contributed by atoms with Gasteiger partial charge in [-0.25, -0.2) is 9.59 Å². The van der Waals surface area contributed by atoms with E-state index in [1.807, 2.05) is 6.92 Å². The molecular weight excluding hydrogens is 232 g/mol. The number of fused-ring (bicyclic) bond motifs is 1. The second kappa shape index (κ2) is 6.59. The normalized spacial score (nSPS) is 18.0. The zero-order valence-corrected chi connectivity index (χ0v) is 10.5. The van der Waals surface area contributed by atoms with Crippen molar-refractivity contribution in [2.24, 2.45) is 0 Å². The zero-order chi connectivity index (χ0) is 13.5. The Morgan fingerprint density at radius 2 is 1.72 bits per heavy atom. The van der Waals surface area contributed by atoms with Crippen LogP contribution in [0.3, 0.4) is 0 Å². The molecule has 1 unspecified atom stereocenters. The maximum atomic E-state index is 11.6. The standard InChI is InChI=1S/C11H10O4.C3H6/c1-7-6-14-10(12)8-4-2-3-5-9(8)11(13)15-7;1-3-2/h2-5,7H,6H2,1H3;3H,1H2,2H3. The molecule has 0 amide bonds. The number of benzene rings is 1. The maximum Gasteiger partial charge on any atom is 0.339 e. The fraction of sp³-hybridized carbons (Fsp3) is 0.286. The van der Waals surface area contributed by atoms with Gasteiger partial charge in [0.1, 0.15) is 12.7 Å². The predicted molar refractivity (Wildman–Crippen MR) is 67.5 cm³/mol. The number of allylic oxidation sites excluding steroid dienone is 1. The molecule has 96 valence electrons. The molecule has 0 aromatic heterocycles. The van der Waals surface area contributed by atoms with Crippen LogP contribution in [0.15, 0.2) is 36.9 Å². The summed E-state index contributed by atoms with van der Waals surface area (Å²) in [7, 11) is 0. The number of hydrogen-bond donors (Lipinski definition) is 0. The summed E-state index contributed by atoms with van der Waals surface area (Å²) in [6.45, 7) is 7.03. The third-order valence-corrected chi connectivity index (χ3v) is 2.12. The van der Waals surface area contributed by atoms with Gasteiger partial charge in [-0.15, -0.1) is 6.58 Å². The van der Waals surface area contributed by atoms with E-state index in [0.29, 0.717) is 0 Å². The lowest BCUT2D eigenvalue weighted by atomic mass is 10.1. The van der Waals surface area contributed by atoms with Crippen LogP contribution >= 0.6 is 0 Å². The molecule has 4 nitrogen and oxygen atoms in total. The topological polar surface area (TPSA) is 52.6 Å². The van der Waals surface area contributed by atoms with Crippen LogP contribution < -0.4 is 0 Å². The molecule has 1 aliphatic rings. The molecule has 0 N–H and O–H groups in total. The summed E-state index contributed by atoms with van der Waals surface area (Å²) in [5.74, 6) is -0.955. The minimum absolute atomic E-state index is 0.0961. The number of rotatable bonds is 0. The molecule has 0 fully saturated rings. The van der Waals surface area contributed by atoms with Gasteiger partial charge in [0.25, 0.3) is 0 Å². The molecular formula is C14H16O4. The minimum atomic E-state index is -0.478. The Morgan fingerprint density at radius 1 is 1.22 bits per heavy atom. The van der Waals surface area contributed by atoms with Crippen molar-refractivity contribution in [2.75, 3.05) is 6.61 Å². The van der Waals surface area contributed by atoms with Crippen molar-refractivity contribution in [1.29, 1.82) is 0 Å². The molecule has 2 rings (SSSR count). The van der Waals surface area contributed by atoms with Crippen molar-refractivity contribution in [3.05, 3.63) is 48.0 Å². The highest BCUT2D eigenvalue weighted by Gasteiger charge is 2.24. The van der Waals surface area contributed by atoms with Crippen LogP contribution in [-0.4, -0.2) is 24.6 Å². The van der Waals surface area contributed by atoms with E-state index in [4.69, 9.17) is 9.47 Å². The molecule has 4 heteroatoms. The van der Waals surface area contributed by atoms with Gasteiger partial charge in [0.15, 0.2) is 0 Å². The van der Waals surface area contributed by atoms with Gasteiger partial charge in [-0.2, -0.15) is 0 Å². The number of hydrogen-bond acceptors (Lipinski definition) is 4. The lowest BCUT2D eigenvalue weighted by Crippen LogP contribution is -2.27. The van der Waals surface area contributed by atoms with Crippen LogP contribution in [0.2, 0.25) is 0 Å². The van der Waals surface area contributed by atoms with Gasteiger partial charge in [0, 0.05) is 0 Å². The van der Waals surface area contributed by atoms with E-state index >= 15 is 0 Å². The monoisotopic (exact) mass is 248 g/mol. The average Bonchev–Trinajstić information content (AvgIpc) is 2.36. The third kappa shape index (κ3) is 3.45. The molecule has 0 saturated carbocycles. The summed E-state index contributed by atoms with van der Waals surface area (Å²) in [6, 6.07) is 6.46. The fourth-order valence-corrected chi connectivity index (χ4v) is 1.39. The molecule has 0 bridgehead atoms. The summed E-state index contributed by atoms with van der Waals surface area (Å²) in [5, 5.41) is 0.